The topological polar surface area (TPSA) is 49.2 Å². The van der Waals surface area contributed by atoms with Crippen molar-refractivity contribution in [2.75, 3.05) is 0 Å². The summed E-state index contributed by atoms with van der Waals surface area (Å²) in [6.07, 6.45) is 1.43. The first-order valence-electron chi connectivity index (χ1n) is 5.92. The molecule has 0 amide bonds. The maximum atomic E-state index is 5.51. The zero-order valence-electron chi connectivity index (χ0n) is 10.4. The van der Waals surface area contributed by atoms with Crippen molar-refractivity contribution in [2.45, 2.75) is 4.90 Å². The fourth-order valence-electron chi connectivity index (χ4n) is 1.55. The summed E-state index contributed by atoms with van der Waals surface area (Å²) in [6, 6.07) is 16.9. The summed E-state index contributed by atoms with van der Waals surface area (Å²) in [5, 5.41) is 4.07. The van der Waals surface area contributed by atoms with E-state index in [1.165, 1.54) is 11.2 Å². The molecule has 6 heteroatoms. The van der Waals surface area contributed by atoms with Crippen LogP contribution in [0.2, 0.25) is 0 Å². The Balaban J connectivity index is 1.73. The van der Waals surface area contributed by atoms with E-state index < -0.39 is 0 Å². The second kappa shape index (κ2) is 5.66. The van der Waals surface area contributed by atoms with Crippen molar-refractivity contribution in [3.8, 4) is 17.5 Å². The average Bonchev–Trinajstić information content (AvgIpc) is 2.90. The molecular formula is C14H11N3O2S. The van der Waals surface area contributed by atoms with E-state index in [0.717, 1.165) is 0 Å². The summed E-state index contributed by atoms with van der Waals surface area (Å²) in [7, 11) is 0. The second-order valence-electron chi connectivity index (χ2n) is 3.90. The zero-order chi connectivity index (χ0) is 13.8. The van der Waals surface area contributed by atoms with E-state index in [0.29, 0.717) is 16.4 Å². The highest BCUT2D eigenvalue weighted by molar-refractivity contribution is 7.80. The van der Waals surface area contributed by atoms with Gasteiger partial charge in [-0.15, -0.1) is 12.6 Å². The molecule has 1 heterocycles. The molecule has 2 aromatic carbocycles. The van der Waals surface area contributed by atoms with Crippen LogP contribution in [0, 0.1) is 0 Å². The Kier molecular flexibility index (Phi) is 3.56. The fraction of sp³-hybridized carbons (Fsp3) is 0. The largest absolute Gasteiger partial charge is 0.423 e. The van der Waals surface area contributed by atoms with E-state index in [9.17, 15) is 0 Å². The Morgan fingerprint density at radius 3 is 2.50 bits per heavy atom. The lowest BCUT2D eigenvalue weighted by Gasteiger charge is -2.05. The molecule has 0 aliphatic carbocycles. The Bertz CT molecular complexity index is 700. The summed E-state index contributed by atoms with van der Waals surface area (Å²) in [6.45, 7) is 0. The number of aromatic nitrogens is 3. The van der Waals surface area contributed by atoms with Crippen molar-refractivity contribution in [3.63, 3.8) is 0 Å². The van der Waals surface area contributed by atoms with Gasteiger partial charge in [-0.25, -0.2) is 0 Å². The maximum Gasteiger partial charge on any atom is 0.343 e. The van der Waals surface area contributed by atoms with Crippen LogP contribution in [0.5, 0.6) is 17.5 Å². The van der Waals surface area contributed by atoms with Gasteiger partial charge in [-0.3, -0.25) is 0 Å². The Hall–Kier alpha value is -2.47. The van der Waals surface area contributed by atoms with E-state index >= 15 is 0 Å². The van der Waals surface area contributed by atoms with Crippen LogP contribution in [-0.2, 0) is 0 Å². The van der Waals surface area contributed by atoms with Gasteiger partial charge in [-0.1, -0.05) is 40.3 Å². The summed E-state index contributed by atoms with van der Waals surface area (Å²) >= 11 is 4.30. The van der Waals surface area contributed by atoms with E-state index in [-0.39, 0.29) is 6.01 Å². The molecule has 0 unspecified atom stereocenters. The van der Waals surface area contributed by atoms with Gasteiger partial charge in [0.05, 0.1) is 0 Å². The van der Waals surface area contributed by atoms with Crippen molar-refractivity contribution in [1.82, 2.24) is 14.9 Å². The van der Waals surface area contributed by atoms with Gasteiger partial charge in [-0.2, -0.15) is 4.98 Å². The first kappa shape index (κ1) is 12.6. The minimum Gasteiger partial charge on any atom is -0.423 e. The molecule has 0 aliphatic heterocycles. The molecule has 0 atom stereocenters. The molecule has 3 aromatic rings. The highest BCUT2D eigenvalue weighted by Gasteiger charge is 2.06. The van der Waals surface area contributed by atoms with E-state index in [2.05, 4.69) is 22.7 Å². The first-order chi connectivity index (χ1) is 9.81. The third kappa shape index (κ3) is 2.92. The lowest BCUT2D eigenvalue weighted by atomic mass is 10.3. The monoisotopic (exact) mass is 285 g/mol. The molecule has 0 spiro atoms. The van der Waals surface area contributed by atoms with Crippen LogP contribution in [0.1, 0.15) is 0 Å². The Labute approximate surface area is 121 Å². The number of thiol groups is 1. The molecule has 0 radical (unpaired) electrons. The van der Waals surface area contributed by atoms with Crippen LogP contribution < -0.4 is 9.57 Å². The molecule has 3 rings (SSSR count). The predicted molar refractivity (Wildman–Crippen MR) is 76.3 cm³/mol. The Morgan fingerprint density at radius 1 is 0.950 bits per heavy atom. The number of para-hydroxylation sites is 2. The normalized spacial score (nSPS) is 10.2. The zero-order valence-corrected chi connectivity index (χ0v) is 11.3. The standard InChI is InChI=1S/C14H11N3O2S/c20-13-9-5-4-8-12(13)19-17-10-15-14(16-17)18-11-6-2-1-3-7-11/h1-10,20H. The van der Waals surface area contributed by atoms with E-state index in [1.54, 1.807) is 6.07 Å². The third-order valence-corrected chi connectivity index (χ3v) is 2.83. The van der Waals surface area contributed by atoms with Crippen molar-refractivity contribution in [2.24, 2.45) is 0 Å². The molecule has 5 nitrogen and oxygen atoms in total. The molecule has 100 valence electrons. The van der Waals surface area contributed by atoms with Crippen LogP contribution in [0.3, 0.4) is 0 Å². The quantitative estimate of drug-likeness (QED) is 0.748. The van der Waals surface area contributed by atoms with Crippen molar-refractivity contribution >= 4 is 12.6 Å². The molecular weight excluding hydrogens is 274 g/mol. The lowest BCUT2D eigenvalue weighted by molar-refractivity contribution is 0.169. The lowest BCUT2D eigenvalue weighted by Crippen LogP contribution is -2.06. The molecule has 0 saturated carbocycles. The fourth-order valence-corrected chi connectivity index (χ4v) is 1.76. The number of nitrogens with zero attached hydrogens (tertiary/aromatic N) is 3. The van der Waals surface area contributed by atoms with Gasteiger partial charge in [0.2, 0.25) is 0 Å². The smallest absolute Gasteiger partial charge is 0.343 e. The van der Waals surface area contributed by atoms with Crippen LogP contribution in [0.25, 0.3) is 0 Å². The van der Waals surface area contributed by atoms with Crippen molar-refractivity contribution < 1.29 is 9.57 Å². The van der Waals surface area contributed by atoms with E-state index in [1.807, 2.05) is 48.5 Å². The maximum absolute atomic E-state index is 5.51. The number of hydrogen-bond donors (Lipinski definition) is 1. The predicted octanol–water partition coefficient (Wildman–Crippen LogP) is 3.20. The summed E-state index contributed by atoms with van der Waals surface area (Å²) in [5.41, 5.74) is 0. The molecule has 20 heavy (non-hydrogen) atoms. The third-order valence-electron chi connectivity index (χ3n) is 2.46. The van der Waals surface area contributed by atoms with Gasteiger partial charge in [0.15, 0.2) is 12.1 Å². The number of ether oxygens (including phenoxy) is 1. The second-order valence-corrected chi connectivity index (χ2v) is 4.39. The average molecular weight is 285 g/mol. The first-order valence-corrected chi connectivity index (χ1v) is 6.37. The van der Waals surface area contributed by atoms with Gasteiger partial charge in [0.1, 0.15) is 5.75 Å². The number of benzene rings is 2. The van der Waals surface area contributed by atoms with Crippen LogP contribution in [-0.4, -0.2) is 14.9 Å². The summed E-state index contributed by atoms with van der Waals surface area (Å²) in [4.78, 5) is 11.5. The molecule has 0 bridgehead atoms. The minimum absolute atomic E-state index is 0.216. The van der Waals surface area contributed by atoms with Gasteiger partial charge in [0, 0.05) is 4.90 Å². The summed E-state index contributed by atoms with van der Waals surface area (Å²) < 4.78 is 5.48. The molecule has 0 saturated heterocycles. The van der Waals surface area contributed by atoms with Crippen molar-refractivity contribution in [1.29, 1.82) is 0 Å². The van der Waals surface area contributed by atoms with E-state index in [4.69, 9.17) is 9.57 Å². The molecule has 0 N–H and O–H groups in total. The van der Waals surface area contributed by atoms with Gasteiger partial charge >= 0.3 is 6.01 Å². The number of rotatable bonds is 4. The van der Waals surface area contributed by atoms with Crippen molar-refractivity contribution in [3.05, 3.63) is 60.9 Å². The van der Waals surface area contributed by atoms with Gasteiger partial charge in [-0.05, 0) is 24.3 Å². The van der Waals surface area contributed by atoms with Gasteiger partial charge in [0.25, 0.3) is 0 Å². The Morgan fingerprint density at radius 2 is 1.70 bits per heavy atom. The summed E-state index contributed by atoms with van der Waals surface area (Å²) in [5.74, 6) is 1.26. The van der Waals surface area contributed by atoms with Crippen LogP contribution in [0.15, 0.2) is 65.8 Å². The molecule has 0 aliphatic rings. The van der Waals surface area contributed by atoms with Crippen LogP contribution in [0.4, 0.5) is 0 Å². The SMILES string of the molecule is Sc1ccccc1On1cnc(Oc2ccccc2)n1. The van der Waals surface area contributed by atoms with Crippen LogP contribution >= 0.6 is 12.6 Å². The highest BCUT2D eigenvalue weighted by Crippen LogP contribution is 2.22. The highest BCUT2D eigenvalue weighted by atomic mass is 32.1. The number of hydrogen-bond acceptors (Lipinski definition) is 5. The van der Waals surface area contributed by atoms with Gasteiger partial charge < -0.3 is 9.57 Å². The minimum atomic E-state index is 0.216. The molecule has 1 aromatic heterocycles. The molecule has 0 fully saturated rings.